The molecule has 1 aromatic heterocycles. The molecule has 1 saturated heterocycles. The van der Waals surface area contributed by atoms with E-state index in [2.05, 4.69) is 4.98 Å². The summed E-state index contributed by atoms with van der Waals surface area (Å²) < 4.78 is 16.3. The molecule has 1 aliphatic heterocycles. The number of hydrogen-bond acceptors (Lipinski definition) is 7. The van der Waals surface area contributed by atoms with Crippen LogP contribution < -0.4 is 14.2 Å². The number of rotatable bonds is 7. The van der Waals surface area contributed by atoms with Gasteiger partial charge in [-0.15, -0.1) is 0 Å². The van der Waals surface area contributed by atoms with Crippen LogP contribution in [0.15, 0.2) is 66.5 Å². The van der Waals surface area contributed by atoms with Crippen LogP contribution >= 0.6 is 0 Å². The number of ketones is 1. The van der Waals surface area contributed by atoms with Crippen LogP contribution in [-0.2, 0) is 16.1 Å². The van der Waals surface area contributed by atoms with Gasteiger partial charge in [-0.25, -0.2) is 0 Å². The fourth-order valence-electron chi connectivity index (χ4n) is 4.36. The Kier molecular flexibility index (Phi) is 6.73. The zero-order valence-electron chi connectivity index (χ0n) is 19.9. The zero-order chi connectivity index (χ0) is 25.1. The summed E-state index contributed by atoms with van der Waals surface area (Å²) in [5.41, 5.74) is 2.34. The molecule has 8 nitrogen and oxygen atoms in total. The fourth-order valence-corrected chi connectivity index (χ4v) is 4.36. The van der Waals surface area contributed by atoms with Crippen molar-refractivity contribution in [1.82, 2.24) is 9.88 Å². The number of aliphatic hydroxyl groups excluding tert-OH is 1. The molecular formula is C27H26N2O6. The predicted molar refractivity (Wildman–Crippen MR) is 129 cm³/mol. The van der Waals surface area contributed by atoms with Gasteiger partial charge < -0.3 is 24.2 Å². The number of likely N-dealkylation sites (tertiary alicyclic amines) is 1. The summed E-state index contributed by atoms with van der Waals surface area (Å²) in [6.07, 6.45) is 3.26. The first-order chi connectivity index (χ1) is 16.9. The van der Waals surface area contributed by atoms with Crippen molar-refractivity contribution >= 4 is 17.4 Å². The minimum absolute atomic E-state index is 0.0290. The Bertz CT molecular complexity index is 1300. The van der Waals surface area contributed by atoms with Crippen molar-refractivity contribution in [2.45, 2.75) is 19.5 Å². The van der Waals surface area contributed by atoms with Crippen molar-refractivity contribution in [2.75, 3.05) is 21.3 Å². The predicted octanol–water partition coefficient (Wildman–Crippen LogP) is 4.04. The second-order valence-corrected chi connectivity index (χ2v) is 8.05. The average molecular weight is 475 g/mol. The molecule has 180 valence electrons. The van der Waals surface area contributed by atoms with E-state index in [1.54, 1.807) is 68.9 Å². The van der Waals surface area contributed by atoms with Crippen molar-refractivity contribution < 1.29 is 28.9 Å². The van der Waals surface area contributed by atoms with Crippen LogP contribution in [0.25, 0.3) is 5.76 Å². The lowest BCUT2D eigenvalue weighted by molar-refractivity contribution is -0.140. The number of nitrogens with zero attached hydrogens (tertiary/aromatic N) is 2. The fraction of sp³-hybridized carbons (Fsp3) is 0.222. The number of hydrogen-bond donors (Lipinski definition) is 1. The lowest BCUT2D eigenvalue weighted by atomic mass is 9.93. The van der Waals surface area contributed by atoms with Crippen molar-refractivity contribution in [3.63, 3.8) is 0 Å². The van der Waals surface area contributed by atoms with E-state index in [0.717, 1.165) is 5.56 Å². The molecule has 0 bridgehead atoms. The average Bonchev–Trinajstić information content (AvgIpc) is 3.13. The minimum Gasteiger partial charge on any atom is -0.507 e. The Morgan fingerprint density at radius 1 is 1.03 bits per heavy atom. The van der Waals surface area contributed by atoms with Gasteiger partial charge in [0.1, 0.15) is 11.5 Å². The number of para-hydroxylation sites is 1. The normalized spacial score (nSPS) is 16.9. The topological polar surface area (TPSA) is 98.2 Å². The van der Waals surface area contributed by atoms with Gasteiger partial charge in [0.15, 0.2) is 11.5 Å². The van der Waals surface area contributed by atoms with Crippen LogP contribution in [0.2, 0.25) is 0 Å². The standard InChI is InChI=1S/C27H26N2O6/c1-16-13-18(33-2)10-11-19(16)24(30)22-23(20-8-5-9-21(34-3)26(20)35-4)29(27(32)25(22)31)15-17-7-6-12-28-14-17/h5-14,23,30H,15H2,1-4H3/b24-22+/t23-/m0/s1. The molecular weight excluding hydrogens is 448 g/mol. The van der Waals surface area contributed by atoms with E-state index in [1.165, 1.54) is 19.1 Å². The van der Waals surface area contributed by atoms with Crippen molar-refractivity contribution in [3.05, 3.63) is 88.8 Å². The summed E-state index contributed by atoms with van der Waals surface area (Å²) in [6.45, 7) is 1.91. The number of aryl methyl sites for hydroxylation is 1. The molecule has 1 aliphatic rings. The van der Waals surface area contributed by atoms with Gasteiger partial charge in [-0.1, -0.05) is 18.2 Å². The van der Waals surface area contributed by atoms with E-state index < -0.39 is 17.7 Å². The van der Waals surface area contributed by atoms with Gasteiger partial charge in [0.05, 0.1) is 32.9 Å². The van der Waals surface area contributed by atoms with Crippen molar-refractivity contribution in [3.8, 4) is 17.2 Å². The Labute approximate surface area is 203 Å². The third-order valence-corrected chi connectivity index (χ3v) is 6.03. The number of pyridine rings is 1. The molecule has 2 heterocycles. The SMILES string of the molecule is COc1ccc(/C(O)=C2\C(=O)C(=O)N(Cc3cccnc3)[C@H]2c2cccc(OC)c2OC)c(C)c1. The highest BCUT2D eigenvalue weighted by Crippen LogP contribution is 2.46. The third kappa shape index (κ3) is 4.30. The van der Waals surface area contributed by atoms with E-state index in [4.69, 9.17) is 14.2 Å². The van der Waals surface area contributed by atoms with E-state index in [9.17, 15) is 14.7 Å². The molecule has 0 spiro atoms. The number of amides is 1. The number of carbonyl (C=O) groups excluding carboxylic acids is 2. The molecule has 3 aromatic rings. The summed E-state index contributed by atoms with van der Waals surface area (Å²) in [6, 6.07) is 13.0. The molecule has 1 amide bonds. The largest absolute Gasteiger partial charge is 0.507 e. The highest BCUT2D eigenvalue weighted by molar-refractivity contribution is 6.46. The molecule has 35 heavy (non-hydrogen) atoms. The van der Waals surface area contributed by atoms with Gasteiger partial charge >= 0.3 is 0 Å². The summed E-state index contributed by atoms with van der Waals surface area (Å²) in [5, 5.41) is 11.4. The number of aromatic nitrogens is 1. The van der Waals surface area contributed by atoms with E-state index in [-0.39, 0.29) is 17.9 Å². The van der Waals surface area contributed by atoms with Gasteiger partial charge in [0.25, 0.3) is 11.7 Å². The van der Waals surface area contributed by atoms with E-state index in [1.807, 2.05) is 6.07 Å². The molecule has 0 unspecified atom stereocenters. The lowest BCUT2D eigenvalue weighted by Crippen LogP contribution is -2.29. The Hall–Kier alpha value is -4.33. The first kappa shape index (κ1) is 23.8. The van der Waals surface area contributed by atoms with Gasteiger partial charge in [-0.05, 0) is 48.4 Å². The Balaban J connectivity index is 1.95. The molecule has 1 atom stereocenters. The van der Waals surface area contributed by atoms with Crippen LogP contribution in [0.1, 0.15) is 28.3 Å². The second kappa shape index (κ2) is 9.89. The van der Waals surface area contributed by atoms with Crippen LogP contribution in [0, 0.1) is 6.92 Å². The number of carbonyl (C=O) groups is 2. The van der Waals surface area contributed by atoms with E-state index in [0.29, 0.717) is 33.9 Å². The van der Waals surface area contributed by atoms with Crippen LogP contribution in [0.3, 0.4) is 0 Å². The van der Waals surface area contributed by atoms with Crippen LogP contribution in [-0.4, -0.2) is 48.0 Å². The summed E-state index contributed by atoms with van der Waals surface area (Å²) >= 11 is 0. The third-order valence-electron chi connectivity index (χ3n) is 6.03. The van der Waals surface area contributed by atoms with E-state index >= 15 is 0 Å². The smallest absolute Gasteiger partial charge is 0.295 e. The van der Waals surface area contributed by atoms with Crippen LogP contribution in [0.5, 0.6) is 17.2 Å². The van der Waals surface area contributed by atoms with Crippen molar-refractivity contribution in [2.24, 2.45) is 0 Å². The molecule has 8 heteroatoms. The minimum atomic E-state index is -0.915. The van der Waals surface area contributed by atoms with Gasteiger partial charge in [0.2, 0.25) is 0 Å². The maximum Gasteiger partial charge on any atom is 0.295 e. The second-order valence-electron chi connectivity index (χ2n) is 8.05. The molecule has 2 aromatic carbocycles. The van der Waals surface area contributed by atoms with Gasteiger partial charge in [-0.3, -0.25) is 14.6 Å². The molecule has 1 fully saturated rings. The first-order valence-electron chi connectivity index (χ1n) is 10.9. The Morgan fingerprint density at radius 3 is 2.46 bits per heavy atom. The maximum atomic E-state index is 13.4. The number of Topliss-reactive ketones (excluding diaryl/α,β-unsaturated/α-hetero) is 1. The maximum absolute atomic E-state index is 13.4. The monoisotopic (exact) mass is 474 g/mol. The lowest BCUT2D eigenvalue weighted by Gasteiger charge is -2.27. The van der Waals surface area contributed by atoms with Gasteiger partial charge in [0, 0.05) is 30.1 Å². The number of aliphatic hydroxyl groups is 1. The van der Waals surface area contributed by atoms with Gasteiger partial charge in [-0.2, -0.15) is 0 Å². The van der Waals surface area contributed by atoms with Crippen molar-refractivity contribution in [1.29, 1.82) is 0 Å². The summed E-state index contributed by atoms with van der Waals surface area (Å²) in [5.74, 6) is -0.352. The molecule has 0 radical (unpaired) electrons. The molecule has 0 saturated carbocycles. The summed E-state index contributed by atoms with van der Waals surface area (Å²) in [7, 11) is 4.55. The molecule has 4 rings (SSSR count). The summed E-state index contributed by atoms with van der Waals surface area (Å²) in [4.78, 5) is 32.2. The zero-order valence-corrected chi connectivity index (χ0v) is 19.9. The molecule has 0 aliphatic carbocycles. The first-order valence-corrected chi connectivity index (χ1v) is 10.9. The quantitative estimate of drug-likeness (QED) is 0.314. The number of ether oxygens (including phenoxy) is 3. The number of methoxy groups -OCH3 is 3. The highest BCUT2D eigenvalue weighted by Gasteiger charge is 2.47. The molecule has 1 N–H and O–H groups in total. The Morgan fingerprint density at radius 2 is 1.83 bits per heavy atom. The number of benzene rings is 2. The van der Waals surface area contributed by atoms with Crippen LogP contribution in [0.4, 0.5) is 0 Å². The highest BCUT2D eigenvalue weighted by atomic mass is 16.5.